The third kappa shape index (κ3) is 7.44. The van der Waals surface area contributed by atoms with E-state index in [-0.39, 0.29) is 24.0 Å². The van der Waals surface area contributed by atoms with Crippen molar-refractivity contribution in [2.45, 2.75) is 13.5 Å². The minimum absolute atomic E-state index is 0.115. The lowest BCUT2D eigenvalue weighted by Crippen LogP contribution is -2.29. The van der Waals surface area contributed by atoms with Crippen molar-refractivity contribution in [3.8, 4) is 23.3 Å². The number of hydrogen-bond donors (Lipinski definition) is 1. The molecule has 0 aliphatic rings. The van der Waals surface area contributed by atoms with Crippen LogP contribution in [0.2, 0.25) is 0 Å². The first-order valence-electron chi connectivity index (χ1n) is 10.6. The molecule has 178 valence electrons. The van der Waals surface area contributed by atoms with E-state index >= 15 is 0 Å². The van der Waals surface area contributed by atoms with E-state index in [1.54, 1.807) is 43.3 Å². The van der Waals surface area contributed by atoms with Gasteiger partial charge in [0.15, 0.2) is 5.71 Å². The van der Waals surface area contributed by atoms with Gasteiger partial charge in [0.05, 0.1) is 0 Å². The number of ether oxygens (including phenoxy) is 1. The lowest BCUT2D eigenvalue weighted by Gasteiger charge is -2.09. The zero-order valence-electron chi connectivity index (χ0n) is 19.5. The second-order valence-electron chi connectivity index (χ2n) is 7.14. The van der Waals surface area contributed by atoms with Crippen LogP contribution < -0.4 is 10.1 Å². The van der Waals surface area contributed by atoms with E-state index in [2.05, 4.69) is 27.5 Å². The predicted molar refractivity (Wildman–Crippen MR) is 132 cm³/mol. The summed E-state index contributed by atoms with van der Waals surface area (Å²) in [4.78, 5) is 22.4. The Balaban J connectivity index is 1.62. The summed E-state index contributed by atoms with van der Waals surface area (Å²) >= 11 is 0. The molecule has 0 atom stereocenters. The maximum absolute atomic E-state index is 13.0. The average molecular weight is 474 g/mol. The van der Waals surface area contributed by atoms with Crippen molar-refractivity contribution in [1.82, 2.24) is 5.32 Å². The van der Waals surface area contributed by atoms with Crippen molar-refractivity contribution < 1.29 is 23.6 Å². The average Bonchev–Trinajstić information content (AvgIpc) is 2.88. The smallest absolute Gasteiger partial charge is 0.273 e. The van der Waals surface area contributed by atoms with Crippen molar-refractivity contribution in [2.24, 2.45) is 10.3 Å². The molecule has 0 aliphatic carbocycles. The minimum Gasteiger partial charge on any atom is -0.457 e. The maximum Gasteiger partial charge on any atom is 0.273 e. The van der Waals surface area contributed by atoms with Gasteiger partial charge in [-0.25, -0.2) is 4.39 Å². The number of halogens is 1. The van der Waals surface area contributed by atoms with E-state index in [9.17, 15) is 9.18 Å². The van der Waals surface area contributed by atoms with Gasteiger partial charge in [0.25, 0.3) is 5.91 Å². The number of nitrogens with zero attached hydrogens (tertiary/aromatic N) is 2. The Morgan fingerprint density at radius 2 is 1.63 bits per heavy atom. The number of carbonyl (C=O) groups excluding carboxylic acids is 1. The number of carbonyl (C=O) groups is 1. The van der Waals surface area contributed by atoms with E-state index in [0.29, 0.717) is 28.3 Å². The molecular formula is C27H24FN3O4. The normalized spacial score (nSPS) is 11.2. The summed E-state index contributed by atoms with van der Waals surface area (Å²) in [6, 6.07) is 20.2. The molecule has 0 spiro atoms. The van der Waals surface area contributed by atoms with E-state index in [4.69, 9.17) is 14.4 Å². The van der Waals surface area contributed by atoms with Crippen molar-refractivity contribution in [3.63, 3.8) is 0 Å². The van der Waals surface area contributed by atoms with Crippen molar-refractivity contribution >= 4 is 17.3 Å². The van der Waals surface area contributed by atoms with Crippen molar-refractivity contribution in [3.05, 3.63) is 95.3 Å². The summed E-state index contributed by atoms with van der Waals surface area (Å²) < 4.78 is 18.7. The third-order valence-corrected chi connectivity index (χ3v) is 4.61. The first-order chi connectivity index (χ1) is 17.0. The molecule has 1 N–H and O–H groups in total. The fraction of sp³-hybridized carbons (Fsp3) is 0.148. The summed E-state index contributed by atoms with van der Waals surface area (Å²) in [5, 5.41) is 10.4. The summed E-state index contributed by atoms with van der Waals surface area (Å²) in [6.07, 6.45) is 0. The molecule has 3 aromatic carbocycles. The van der Waals surface area contributed by atoms with E-state index in [1.165, 1.54) is 26.3 Å². The summed E-state index contributed by atoms with van der Waals surface area (Å²) in [7, 11) is 2.89. The fourth-order valence-corrected chi connectivity index (χ4v) is 2.93. The summed E-state index contributed by atoms with van der Waals surface area (Å²) in [6.45, 7) is 1.84. The highest BCUT2D eigenvalue weighted by atomic mass is 19.1. The first-order valence-corrected chi connectivity index (χ1v) is 10.6. The van der Waals surface area contributed by atoms with E-state index in [0.717, 1.165) is 5.56 Å². The quantitative estimate of drug-likeness (QED) is 0.293. The van der Waals surface area contributed by atoms with Gasteiger partial charge < -0.3 is 19.7 Å². The van der Waals surface area contributed by atoms with Gasteiger partial charge in [-0.15, -0.1) is 0 Å². The molecular weight excluding hydrogens is 449 g/mol. The Morgan fingerprint density at radius 3 is 2.29 bits per heavy atom. The Labute approximate surface area is 203 Å². The van der Waals surface area contributed by atoms with E-state index in [1.807, 2.05) is 24.3 Å². The predicted octanol–water partition coefficient (Wildman–Crippen LogP) is 4.66. The molecule has 7 nitrogen and oxygen atoms in total. The number of hydrogen-bond acceptors (Lipinski definition) is 6. The van der Waals surface area contributed by atoms with Crippen LogP contribution in [0, 0.1) is 17.7 Å². The molecule has 0 radical (unpaired) electrons. The Bertz CT molecular complexity index is 1270. The van der Waals surface area contributed by atoms with Crippen LogP contribution in [0.4, 0.5) is 4.39 Å². The van der Waals surface area contributed by atoms with E-state index < -0.39 is 0 Å². The maximum atomic E-state index is 13.0. The van der Waals surface area contributed by atoms with Crippen LogP contribution in [0.5, 0.6) is 11.5 Å². The van der Waals surface area contributed by atoms with Crippen LogP contribution in [0.15, 0.2) is 83.1 Å². The minimum atomic E-state index is -0.376. The number of nitrogens with one attached hydrogen (secondary N) is 1. The van der Waals surface area contributed by atoms with Gasteiger partial charge in [-0.1, -0.05) is 40.5 Å². The van der Waals surface area contributed by atoms with Gasteiger partial charge in [-0.3, -0.25) is 4.79 Å². The highest BCUT2D eigenvalue weighted by Crippen LogP contribution is 2.21. The topological polar surface area (TPSA) is 81.5 Å². The zero-order valence-corrected chi connectivity index (χ0v) is 19.5. The number of amides is 1. The number of likely N-dealkylation sites (N-methyl/N-ethyl adjacent to an activating group) is 1. The Kier molecular flexibility index (Phi) is 8.97. The van der Waals surface area contributed by atoms with Crippen LogP contribution in [0.1, 0.15) is 23.6 Å². The number of rotatable bonds is 8. The highest BCUT2D eigenvalue weighted by Gasteiger charge is 2.17. The molecule has 0 saturated carbocycles. The summed E-state index contributed by atoms with van der Waals surface area (Å²) in [5.41, 5.74) is 2.68. The Hall–Kier alpha value is -4.64. The van der Waals surface area contributed by atoms with Crippen LogP contribution in [0.3, 0.4) is 0 Å². The second kappa shape index (κ2) is 12.6. The van der Waals surface area contributed by atoms with Crippen LogP contribution in [-0.2, 0) is 21.1 Å². The Morgan fingerprint density at radius 1 is 0.971 bits per heavy atom. The van der Waals surface area contributed by atoms with Gasteiger partial charge in [-0.2, -0.15) is 0 Å². The molecule has 0 aliphatic heterocycles. The molecule has 0 heterocycles. The zero-order chi connectivity index (χ0) is 25.0. The molecule has 3 rings (SSSR count). The lowest BCUT2D eigenvalue weighted by atomic mass is 10.0. The van der Waals surface area contributed by atoms with Gasteiger partial charge in [0.2, 0.25) is 0 Å². The second-order valence-corrected chi connectivity index (χ2v) is 7.14. The largest absolute Gasteiger partial charge is 0.457 e. The number of benzene rings is 3. The summed E-state index contributed by atoms with van der Waals surface area (Å²) in [5.74, 6) is 6.40. The molecule has 0 aromatic heterocycles. The van der Waals surface area contributed by atoms with Crippen molar-refractivity contribution in [1.29, 1.82) is 0 Å². The van der Waals surface area contributed by atoms with Gasteiger partial charge in [0.1, 0.15) is 36.7 Å². The molecule has 3 aromatic rings. The van der Waals surface area contributed by atoms with Crippen LogP contribution in [0.25, 0.3) is 0 Å². The molecule has 8 heteroatoms. The molecule has 1 amide bonds. The van der Waals surface area contributed by atoms with Gasteiger partial charge >= 0.3 is 0 Å². The lowest BCUT2D eigenvalue weighted by molar-refractivity contribution is -0.114. The third-order valence-electron chi connectivity index (χ3n) is 4.61. The highest BCUT2D eigenvalue weighted by molar-refractivity contribution is 6.45. The van der Waals surface area contributed by atoms with Gasteiger partial charge in [-0.05, 0) is 61.4 Å². The van der Waals surface area contributed by atoms with Crippen LogP contribution in [-0.4, -0.2) is 31.5 Å². The van der Waals surface area contributed by atoms with Crippen LogP contribution >= 0.6 is 0 Å². The molecule has 0 bridgehead atoms. The number of oxime groups is 2. The monoisotopic (exact) mass is 473 g/mol. The molecule has 0 unspecified atom stereocenters. The SMILES string of the molecule is CNC(=O)/C(=N/OC)c1ccccc1CO/N=C(\C)C#Cc1ccc(Oc2ccc(F)cc2)cc1. The fourth-order valence-electron chi connectivity index (χ4n) is 2.93. The van der Waals surface area contributed by atoms with Gasteiger partial charge in [0, 0.05) is 23.7 Å². The molecule has 0 fully saturated rings. The molecule has 35 heavy (non-hydrogen) atoms. The van der Waals surface area contributed by atoms with Crippen molar-refractivity contribution in [2.75, 3.05) is 14.2 Å². The molecule has 0 saturated heterocycles. The standard InChI is InChI=1S/C27H24FN3O4/c1-19(8-9-20-10-14-23(15-11-20)35-24-16-12-22(28)13-17-24)30-34-18-21-6-4-5-7-25(21)26(31-33-3)27(32)29-2/h4-7,10-17H,18H2,1-3H3,(H,29,32)/b30-19+,31-26+. The first kappa shape index (κ1) is 25.0.